The van der Waals surface area contributed by atoms with Crippen molar-refractivity contribution in [3.63, 3.8) is 0 Å². The van der Waals surface area contributed by atoms with Crippen molar-refractivity contribution >= 4 is 40.6 Å². The topological polar surface area (TPSA) is 77.5 Å². The number of carbonyl (C=O) groups is 2. The van der Waals surface area contributed by atoms with Crippen LogP contribution in [0.15, 0.2) is 46.9 Å². The van der Waals surface area contributed by atoms with Crippen molar-refractivity contribution in [1.29, 1.82) is 0 Å². The first-order chi connectivity index (χ1) is 16.5. The number of hydrazone groups is 1. The van der Waals surface area contributed by atoms with Gasteiger partial charge in [-0.25, -0.2) is 9.80 Å². The van der Waals surface area contributed by atoms with Gasteiger partial charge in [0.05, 0.1) is 29.8 Å². The van der Waals surface area contributed by atoms with E-state index >= 15 is 0 Å². The number of halogens is 1. The number of ether oxygens (including phenoxy) is 1. The number of benzene rings is 1. The predicted octanol–water partition coefficient (Wildman–Crippen LogP) is 3.44. The van der Waals surface area contributed by atoms with Gasteiger partial charge in [0.25, 0.3) is 5.91 Å². The third-order valence-corrected chi connectivity index (χ3v) is 7.13. The summed E-state index contributed by atoms with van der Waals surface area (Å²) >= 11 is 7.69. The number of urea groups is 1. The maximum Gasteiger partial charge on any atom is 0.317 e. The van der Waals surface area contributed by atoms with Crippen LogP contribution in [0.5, 0.6) is 0 Å². The zero-order valence-corrected chi connectivity index (χ0v) is 20.9. The summed E-state index contributed by atoms with van der Waals surface area (Å²) in [5, 5.41) is 11.7. The maximum absolute atomic E-state index is 13.5. The second-order valence-corrected chi connectivity index (χ2v) is 9.63. The molecule has 182 valence electrons. The van der Waals surface area contributed by atoms with Gasteiger partial charge in [-0.05, 0) is 36.1 Å². The minimum atomic E-state index is -0.242. The summed E-state index contributed by atoms with van der Waals surface area (Å²) in [5.41, 5.74) is 1.84. The first-order valence-electron chi connectivity index (χ1n) is 11.6. The number of nitrogens with one attached hydrogen (secondary N) is 1. The van der Waals surface area contributed by atoms with Crippen molar-refractivity contribution in [1.82, 2.24) is 20.1 Å². The Morgan fingerprint density at radius 1 is 1.24 bits per heavy atom. The molecule has 0 radical (unpaired) electrons. The van der Waals surface area contributed by atoms with Crippen LogP contribution in [0.25, 0.3) is 0 Å². The van der Waals surface area contributed by atoms with Crippen molar-refractivity contribution in [2.75, 3.05) is 52.5 Å². The van der Waals surface area contributed by atoms with Crippen molar-refractivity contribution in [2.45, 2.75) is 19.4 Å². The van der Waals surface area contributed by atoms with Crippen molar-refractivity contribution < 1.29 is 14.3 Å². The molecule has 1 N–H and O–H groups in total. The molecule has 0 aliphatic carbocycles. The van der Waals surface area contributed by atoms with E-state index in [0.717, 1.165) is 29.2 Å². The molecule has 2 aromatic rings. The highest BCUT2D eigenvalue weighted by Gasteiger charge is 2.34. The Balaban J connectivity index is 1.51. The quantitative estimate of drug-likeness (QED) is 0.598. The standard InChI is InChI=1S/C24H30ClN5O3S/c1-2-26-24(32)29(10-9-28-11-13-33-14-12-28)17-23(31)30-21(18-5-7-19(25)8-6-18)16-20(27-30)22-4-3-15-34-22/h3-8,15,21H,2,9-14,16-17H2,1H3,(H,26,32)/t21-/m0/s1. The van der Waals surface area contributed by atoms with Crippen molar-refractivity contribution in [3.05, 3.63) is 57.2 Å². The minimum Gasteiger partial charge on any atom is -0.379 e. The van der Waals surface area contributed by atoms with E-state index in [9.17, 15) is 9.59 Å². The molecule has 2 aliphatic rings. The van der Waals surface area contributed by atoms with Crippen LogP contribution in [0.3, 0.4) is 0 Å². The first-order valence-corrected chi connectivity index (χ1v) is 12.8. The minimum absolute atomic E-state index is 0.0402. The third-order valence-electron chi connectivity index (χ3n) is 5.96. The molecule has 0 spiro atoms. The lowest BCUT2D eigenvalue weighted by molar-refractivity contribution is -0.133. The van der Waals surface area contributed by atoms with Crippen molar-refractivity contribution in [2.24, 2.45) is 5.10 Å². The number of carbonyl (C=O) groups excluding carboxylic acids is 2. The summed E-state index contributed by atoms with van der Waals surface area (Å²) in [4.78, 5) is 31.2. The van der Waals surface area contributed by atoms with Gasteiger partial charge < -0.3 is 15.0 Å². The first kappa shape index (κ1) is 24.7. The van der Waals surface area contributed by atoms with E-state index in [0.29, 0.717) is 44.3 Å². The van der Waals surface area contributed by atoms with Gasteiger partial charge in [0.2, 0.25) is 0 Å². The molecular formula is C24H30ClN5O3S. The Morgan fingerprint density at radius 2 is 2.00 bits per heavy atom. The van der Waals surface area contributed by atoms with Crippen LogP contribution in [0.4, 0.5) is 4.79 Å². The molecule has 4 rings (SSSR count). The molecule has 3 amide bonds. The fourth-order valence-corrected chi connectivity index (χ4v) is 4.96. The van der Waals surface area contributed by atoms with E-state index in [1.165, 1.54) is 0 Å². The molecule has 0 saturated carbocycles. The lowest BCUT2D eigenvalue weighted by atomic mass is 10.0. The maximum atomic E-state index is 13.5. The Bertz CT molecular complexity index is 993. The molecule has 8 nitrogen and oxygen atoms in total. The van der Waals surface area contributed by atoms with Gasteiger partial charge in [-0.2, -0.15) is 5.10 Å². The zero-order valence-electron chi connectivity index (χ0n) is 19.3. The van der Waals surface area contributed by atoms with E-state index in [1.54, 1.807) is 21.2 Å². The van der Waals surface area contributed by atoms with Crippen LogP contribution in [-0.4, -0.2) is 84.9 Å². The number of nitrogens with zero attached hydrogens (tertiary/aromatic N) is 4. The van der Waals surface area contributed by atoms with Gasteiger partial charge in [-0.1, -0.05) is 29.8 Å². The number of hydrogen-bond acceptors (Lipinski definition) is 6. The van der Waals surface area contributed by atoms with Gasteiger partial charge in [0.1, 0.15) is 6.54 Å². The highest BCUT2D eigenvalue weighted by atomic mass is 35.5. The van der Waals surface area contributed by atoms with Gasteiger partial charge in [-0.15, -0.1) is 11.3 Å². The molecular weight excluding hydrogens is 474 g/mol. The number of hydrogen-bond donors (Lipinski definition) is 1. The average molecular weight is 504 g/mol. The predicted molar refractivity (Wildman–Crippen MR) is 134 cm³/mol. The molecule has 3 heterocycles. The molecule has 1 aromatic carbocycles. The molecule has 1 saturated heterocycles. The van der Waals surface area contributed by atoms with Crippen LogP contribution < -0.4 is 5.32 Å². The Kier molecular flexibility index (Phi) is 8.55. The number of amides is 3. The van der Waals surface area contributed by atoms with Crippen LogP contribution >= 0.6 is 22.9 Å². The van der Waals surface area contributed by atoms with E-state index in [-0.39, 0.29) is 24.5 Å². The van der Waals surface area contributed by atoms with Gasteiger partial charge in [-0.3, -0.25) is 9.69 Å². The molecule has 1 atom stereocenters. The second-order valence-electron chi connectivity index (χ2n) is 8.24. The molecule has 0 unspecified atom stereocenters. The summed E-state index contributed by atoms with van der Waals surface area (Å²) in [6.07, 6.45) is 0.614. The largest absolute Gasteiger partial charge is 0.379 e. The SMILES string of the molecule is CCNC(=O)N(CCN1CCOCC1)CC(=O)N1N=C(c2cccs2)C[C@H]1c1ccc(Cl)cc1. The molecule has 0 bridgehead atoms. The molecule has 34 heavy (non-hydrogen) atoms. The Morgan fingerprint density at radius 3 is 2.68 bits per heavy atom. The highest BCUT2D eigenvalue weighted by Crippen LogP contribution is 2.34. The highest BCUT2D eigenvalue weighted by molar-refractivity contribution is 7.12. The normalized spacial score (nSPS) is 18.6. The molecule has 1 aromatic heterocycles. The lowest BCUT2D eigenvalue weighted by Gasteiger charge is -2.31. The van der Waals surface area contributed by atoms with Crippen LogP contribution in [-0.2, 0) is 9.53 Å². The summed E-state index contributed by atoms with van der Waals surface area (Å²) in [6, 6.07) is 11.0. The Labute approximate surface area is 209 Å². The summed E-state index contributed by atoms with van der Waals surface area (Å²) in [6.45, 7) is 6.52. The van der Waals surface area contributed by atoms with E-state index < -0.39 is 0 Å². The summed E-state index contributed by atoms with van der Waals surface area (Å²) in [5.74, 6) is -0.209. The zero-order chi connectivity index (χ0) is 23.9. The average Bonchev–Trinajstić information content (AvgIpc) is 3.53. The lowest BCUT2D eigenvalue weighted by Crippen LogP contribution is -2.49. The van der Waals surface area contributed by atoms with Gasteiger partial charge in [0.15, 0.2) is 0 Å². The fraction of sp³-hybridized carbons (Fsp3) is 0.458. The molecule has 2 aliphatic heterocycles. The molecule has 10 heteroatoms. The van der Waals surface area contributed by atoms with Crippen molar-refractivity contribution in [3.8, 4) is 0 Å². The number of thiophene rings is 1. The monoisotopic (exact) mass is 503 g/mol. The van der Waals surface area contributed by atoms with E-state index in [4.69, 9.17) is 21.4 Å². The van der Waals surface area contributed by atoms with Gasteiger partial charge in [0, 0.05) is 44.2 Å². The smallest absolute Gasteiger partial charge is 0.317 e. The number of morpholine rings is 1. The summed E-state index contributed by atoms with van der Waals surface area (Å²) < 4.78 is 5.41. The van der Waals surface area contributed by atoms with Crippen LogP contribution in [0.1, 0.15) is 29.8 Å². The van der Waals surface area contributed by atoms with Gasteiger partial charge >= 0.3 is 6.03 Å². The van der Waals surface area contributed by atoms with Crippen LogP contribution in [0, 0.1) is 0 Å². The van der Waals surface area contributed by atoms with E-state index in [1.807, 2.05) is 48.7 Å². The third kappa shape index (κ3) is 6.15. The number of rotatable bonds is 8. The summed E-state index contributed by atoms with van der Waals surface area (Å²) in [7, 11) is 0. The fourth-order valence-electron chi connectivity index (χ4n) is 4.11. The molecule has 1 fully saturated rings. The van der Waals surface area contributed by atoms with Crippen LogP contribution in [0.2, 0.25) is 5.02 Å². The van der Waals surface area contributed by atoms with E-state index in [2.05, 4.69) is 10.2 Å². The second kappa shape index (κ2) is 11.8. The Hall–Kier alpha value is -2.46.